The van der Waals surface area contributed by atoms with Crippen molar-refractivity contribution in [1.82, 2.24) is 0 Å². The van der Waals surface area contributed by atoms with Gasteiger partial charge in [-0.1, -0.05) is 77.8 Å². The van der Waals surface area contributed by atoms with Gasteiger partial charge in [-0.3, -0.25) is 4.21 Å². The van der Waals surface area contributed by atoms with Crippen LogP contribution in [-0.4, -0.2) is 15.1 Å². The summed E-state index contributed by atoms with van der Waals surface area (Å²) in [4.78, 5) is 0. The van der Waals surface area contributed by atoms with Gasteiger partial charge in [0.2, 0.25) is 0 Å². The Morgan fingerprint density at radius 3 is 1.69 bits per heavy atom. The Balaban J connectivity index is 1.93. The lowest BCUT2D eigenvalue weighted by molar-refractivity contribution is 0.106. The molecule has 1 unspecified atom stereocenters. The number of halogens is 2. The molecule has 134 valence electrons. The molecule has 0 aliphatic heterocycles. The van der Waals surface area contributed by atoms with E-state index in [1.807, 2.05) is 30.3 Å². The van der Waals surface area contributed by atoms with Crippen molar-refractivity contribution in [3.63, 3.8) is 0 Å². The largest absolute Gasteiger partial charge is 0.379 e. The van der Waals surface area contributed by atoms with Crippen molar-refractivity contribution in [3.8, 4) is 0 Å². The number of rotatable bonds is 6. The minimum absolute atomic E-state index is 0.0746. The Hall–Kier alpha value is -1.65. The van der Waals surface area contributed by atoms with Crippen LogP contribution < -0.4 is 0 Å². The monoisotopic (exact) mass is 404 g/mol. The minimum Gasteiger partial charge on any atom is -0.379 e. The lowest BCUT2D eigenvalue weighted by atomic mass is 9.88. The molecule has 2 nitrogen and oxygen atoms in total. The van der Waals surface area contributed by atoms with E-state index in [-0.39, 0.29) is 5.75 Å². The zero-order valence-electron chi connectivity index (χ0n) is 13.9. The predicted octanol–water partition coefficient (Wildman–Crippen LogP) is 5.18. The van der Waals surface area contributed by atoms with Crippen LogP contribution in [-0.2, 0) is 22.2 Å². The van der Waals surface area contributed by atoms with Gasteiger partial charge in [-0.05, 0) is 41.0 Å². The molecule has 0 spiro atoms. The van der Waals surface area contributed by atoms with Gasteiger partial charge in [-0.25, -0.2) is 0 Å². The van der Waals surface area contributed by atoms with E-state index in [1.54, 1.807) is 48.5 Å². The second-order valence-corrected chi connectivity index (χ2v) is 8.42. The molecule has 3 rings (SSSR count). The highest BCUT2D eigenvalue weighted by Crippen LogP contribution is 2.32. The van der Waals surface area contributed by atoms with E-state index < -0.39 is 16.4 Å². The summed E-state index contributed by atoms with van der Waals surface area (Å²) in [5.74, 6) is 0.454. The summed E-state index contributed by atoms with van der Waals surface area (Å²) in [5.41, 5.74) is 0.867. The van der Waals surface area contributed by atoms with Gasteiger partial charge in [0.05, 0.1) is 5.75 Å². The molecule has 0 aliphatic carbocycles. The maximum Gasteiger partial charge on any atom is 0.126 e. The highest BCUT2D eigenvalue weighted by atomic mass is 35.5. The van der Waals surface area contributed by atoms with Crippen molar-refractivity contribution in [2.75, 3.05) is 5.75 Å². The zero-order chi connectivity index (χ0) is 18.6. The summed E-state index contributed by atoms with van der Waals surface area (Å²) in [6.07, 6.45) is 0. The van der Waals surface area contributed by atoms with Crippen LogP contribution in [0.1, 0.15) is 16.7 Å². The zero-order valence-corrected chi connectivity index (χ0v) is 16.3. The van der Waals surface area contributed by atoms with E-state index in [1.165, 1.54) is 0 Å². The van der Waals surface area contributed by atoms with Gasteiger partial charge < -0.3 is 5.11 Å². The van der Waals surface area contributed by atoms with Crippen LogP contribution >= 0.6 is 23.2 Å². The van der Waals surface area contributed by atoms with Gasteiger partial charge in [0, 0.05) is 26.6 Å². The number of aliphatic hydroxyl groups is 1. The second kappa shape index (κ2) is 8.36. The van der Waals surface area contributed by atoms with Crippen LogP contribution in [0.25, 0.3) is 0 Å². The summed E-state index contributed by atoms with van der Waals surface area (Å²) in [6.45, 7) is 0. The Morgan fingerprint density at radius 2 is 1.23 bits per heavy atom. The molecule has 1 N–H and O–H groups in total. The summed E-state index contributed by atoms with van der Waals surface area (Å²) in [7, 11) is -1.27. The van der Waals surface area contributed by atoms with Gasteiger partial charge in [0.15, 0.2) is 0 Å². The molecular weight excluding hydrogens is 387 g/mol. The minimum atomic E-state index is -1.39. The van der Waals surface area contributed by atoms with Crippen molar-refractivity contribution in [1.29, 1.82) is 0 Å². The highest BCUT2D eigenvalue weighted by molar-refractivity contribution is 7.84. The molecule has 0 saturated heterocycles. The van der Waals surface area contributed by atoms with Crippen LogP contribution in [0.5, 0.6) is 0 Å². The van der Waals surface area contributed by atoms with Crippen molar-refractivity contribution < 1.29 is 9.32 Å². The average molecular weight is 405 g/mol. The molecule has 5 heteroatoms. The van der Waals surface area contributed by atoms with E-state index in [9.17, 15) is 9.32 Å². The highest BCUT2D eigenvalue weighted by Gasteiger charge is 2.33. The molecule has 1 atom stereocenters. The molecule has 0 amide bonds. The normalized spacial score (nSPS) is 12.7. The molecule has 3 aromatic carbocycles. The molecular formula is C21H18Cl2O2S. The molecule has 3 aromatic rings. The first-order valence-electron chi connectivity index (χ1n) is 8.11. The van der Waals surface area contributed by atoms with E-state index in [0.29, 0.717) is 26.9 Å². The lowest BCUT2D eigenvalue weighted by Crippen LogP contribution is -2.34. The first kappa shape index (κ1) is 19.1. The van der Waals surface area contributed by atoms with Gasteiger partial charge in [0.25, 0.3) is 0 Å². The fourth-order valence-electron chi connectivity index (χ4n) is 2.83. The molecule has 0 radical (unpaired) electrons. The fourth-order valence-corrected chi connectivity index (χ4v) is 4.55. The maximum absolute atomic E-state index is 12.8. The first-order chi connectivity index (χ1) is 12.5. The molecule has 0 saturated carbocycles. The Bertz CT molecular complexity index is 833. The summed E-state index contributed by atoms with van der Waals surface area (Å²) < 4.78 is 12.8. The third-order valence-corrected chi connectivity index (χ3v) is 6.08. The molecule has 0 fully saturated rings. The number of hydrogen-bond donors (Lipinski definition) is 1. The molecule has 0 aliphatic rings. The van der Waals surface area contributed by atoms with Gasteiger partial charge in [0.1, 0.15) is 5.60 Å². The van der Waals surface area contributed by atoms with Crippen molar-refractivity contribution in [3.05, 3.63) is 106 Å². The van der Waals surface area contributed by atoms with Crippen LogP contribution in [0.15, 0.2) is 78.9 Å². The maximum atomic E-state index is 12.8. The van der Waals surface area contributed by atoms with E-state index >= 15 is 0 Å². The Morgan fingerprint density at radius 1 is 0.769 bits per heavy atom. The third kappa shape index (κ3) is 4.54. The smallest absolute Gasteiger partial charge is 0.126 e. The van der Waals surface area contributed by atoms with Gasteiger partial charge in [-0.15, -0.1) is 0 Å². The van der Waals surface area contributed by atoms with E-state index in [2.05, 4.69) is 0 Å². The average Bonchev–Trinajstić information content (AvgIpc) is 2.63. The fraction of sp³-hybridized carbons (Fsp3) is 0.143. The lowest BCUT2D eigenvalue weighted by Gasteiger charge is -2.29. The number of benzene rings is 3. The van der Waals surface area contributed by atoms with Crippen LogP contribution in [0.4, 0.5) is 0 Å². The molecule has 26 heavy (non-hydrogen) atoms. The van der Waals surface area contributed by atoms with Gasteiger partial charge in [-0.2, -0.15) is 0 Å². The molecule has 0 bridgehead atoms. The van der Waals surface area contributed by atoms with Crippen molar-refractivity contribution in [2.24, 2.45) is 0 Å². The third-order valence-electron chi connectivity index (χ3n) is 4.18. The quantitative estimate of drug-likeness (QED) is 0.614. The van der Waals surface area contributed by atoms with E-state index in [0.717, 1.165) is 5.56 Å². The van der Waals surface area contributed by atoms with Crippen LogP contribution in [0.3, 0.4) is 0 Å². The topological polar surface area (TPSA) is 37.3 Å². The van der Waals surface area contributed by atoms with Crippen LogP contribution in [0.2, 0.25) is 10.0 Å². The first-order valence-corrected chi connectivity index (χ1v) is 10.4. The van der Waals surface area contributed by atoms with Crippen LogP contribution in [0, 0.1) is 0 Å². The molecule has 0 aromatic heterocycles. The standard InChI is InChI=1S/C21H18Cl2O2S/c22-19-10-6-17(7-11-19)21(24,18-8-12-20(23)13-9-18)15-26(25)14-16-4-2-1-3-5-16/h1-13,24H,14-15H2. The summed E-state index contributed by atoms with van der Waals surface area (Å²) in [6, 6.07) is 23.5. The van der Waals surface area contributed by atoms with Crippen molar-refractivity contribution in [2.45, 2.75) is 11.4 Å². The predicted molar refractivity (Wildman–Crippen MR) is 109 cm³/mol. The Labute approximate surface area is 165 Å². The summed E-state index contributed by atoms with van der Waals surface area (Å²) >= 11 is 12.0. The van der Waals surface area contributed by atoms with Gasteiger partial charge >= 0.3 is 0 Å². The molecule has 0 heterocycles. The summed E-state index contributed by atoms with van der Waals surface area (Å²) in [5, 5.41) is 12.7. The SMILES string of the molecule is O=S(Cc1ccccc1)CC(O)(c1ccc(Cl)cc1)c1ccc(Cl)cc1. The van der Waals surface area contributed by atoms with E-state index in [4.69, 9.17) is 23.2 Å². The second-order valence-electron chi connectivity index (χ2n) is 6.09. The number of hydrogen-bond acceptors (Lipinski definition) is 2. The van der Waals surface area contributed by atoms with Crippen molar-refractivity contribution >= 4 is 34.0 Å². The Kier molecular flexibility index (Phi) is 6.15.